The van der Waals surface area contributed by atoms with Crippen LogP contribution >= 0.6 is 0 Å². The van der Waals surface area contributed by atoms with Gasteiger partial charge >= 0.3 is 0 Å². The highest BCUT2D eigenvalue weighted by Crippen LogP contribution is 2.38. The Morgan fingerprint density at radius 3 is 2.53 bits per heavy atom. The highest BCUT2D eigenvalue weighted by Gasteiger charge is 2.32. The van der Waals surface area contributed by atoms with E-state index in [0.29, 0.717) is 6.54 Å². The quantitative estimate of drug-likeness (QED) is 0.748. The van der Waals surface area contributed by atoms with Crippen LogP contribution in [0.4, 0.5) is 0 Å². The van der Waals surface area contributed by atoms with Gasteiger partial charge < -0.3 is 11.1 Å². The summed E-state index contributed by atoms with van der Waals surface area (Å²) in [5.74, 6) is 0.966. The fourth-order valence-corrected chi connectivity index (χ4v) is 2.72. The van der Waals surface area contributed by atoms with E-state index >= 15 is 0 Å². The van der Waals surface area contributed by atoms with Crippen LogP contribution in [0.1, 0.15) is 52.9 Å². The first kappa shape index (κ1) is 14.5. The first-order chi connectivity index (χ1) is 7.97. The molecule has 0 bridgehead atoms. The fraction of sp³-hybridized carbons (Fsp3) is 0.929. The number of hydrogen-bond acceptors (Lipinski definition) is 2. The van der Waals surface area contributed by atoms with Gasteiger partial charge in [-0.25, -0.2) is 0 Å². The van der Waals surface area contributed by atoms with Crippen LogP contribution in [0.25, 0.3) is 0 Å². The molecule has 0 aromatic heterocycles. The summed E-state index contributed by atoms with van der Waals surface area (Å²) in [6, 6.07) is 0. The van der Waals surface area contributed by atoms with E-state index in [2.05, 4.69) is 19.2 Å². The molecule has 3 heteroatoms. The van der Waals surface area contributed by atoms with E-state index in [4.69, 9.17) is 5.73 Å². The van der Waals surface area contributed by atoms with Gasteiger partial charge in [-0.05, 0) is 37.1 Å². The first-order valence-electron chi connectivity index (χ1n) is 6.95. The van der Waals surface area contributed by atoms with Crippen LogP contribution in [0, 0.1) is 17.3 Å². The lowest BCUT2D eigenvalue weighted by Gasteiger charge is -2.32. The Kier molecular flexibility index (Phi) is 5.44. The Morgan fingerprint density at radius 2 is 2.00 bits per heavy atom. The van der Waals surface area contributed by atoms with Crippen LogP contribution in [0.2, 0.25) is 0 Å². The van der Waals surface area contributed by atoms with Crippen molar-refractivity contribution >= 4 is 5.91 Å². The molecule has 3 N–H and O–H groups in total. The molecule has 0 saturated heterocycles. The van der Waals surface area contributed by atoms with Crippen LogP contribution in [0.15, 0.2) is 0 Å². The van der Waals surface area contributed by atoms with Crippen molar-refractivity contribution in [1.82, 2.24) is 5.32 Å². The van der Waals surface area contributed by atoms with Crippen molar-refractivity contribution in [3.8, 4) is 0 Å². The highest BCUT2D eigenvalue weighted by molar-refractivity contribution is 5.78. The molecule has 0 spiro atoms. The summed E-state index contributed by atoms with van der Waals surface area (Å²) in [6.45, 7) is 7.88. The molecule has 1 atom stereocenters. The summed E-state index contributed by atoms with van der Waals surface area (Å²) >= 11 is 0. The maximum absolute atomic E-state index is 11.8. The summed E-state index contributed by atoms with van der Waals surface area (Å²) < 4.78 is 0. The minimum atomic E-state index is 0.0411. The van der Waals surface area contributed by atoms with E-state index in [0.717, 1.165) is 18.9 Å². The molecule has 17 heavy (non-hydrogen) atoms. The minimum absolute atomic E-state index is 0.0411. The molecule has 3 nitrogen and oxygen atoms in total. The molecule has 0 heterocycles. The smallest absolute Gasteiger partial charge is 0.222 e. The third-order valence-corrected chi connectivity index (χ3v) is 4.23. The second kappa shape index (κ2) is 6.39. The van der Waals surface area contributed by atoms with Gasteiger partial charge in [0.05, 0.1) is 0 Å². The van der Waals surface area contributed by atoms with Crippen LogP contribution in [0.3, 0.4) is 0 Å². The highest BCUT2D eigenvalue weighted by atomic mass is 16.1. The summed E-state index contributed by atoms with van der Waals surface area (Å²) in [7, 11) is 0. The van der Waals surface area contributed by atoms with Gasteiger partial charge in [-0.3, -0.25) is 4.79 Å². The average molecular weight is 240 g/mol. The Bertz CT molecular complexity index is 245. The van der Waals surface area contributed by atoms with Crippen molar-refractivity contribution in [2.75, 3.05) is 13.1 Å². The second-order valence-corrected chi connectivity index (χ2v) is 6.17. The summed E-state index contributed by atoms with van der Waals surface area (Å²) in [5.41, 5.74) is 5.70. The SMILES string of the molecule is CC(CCN)C(=O)NCC(C)(C)C1CCCC1. The molecular formula is C14H28N2O. The number of amides is 1. The maximum Gasteiger partial charge on any atom is 0.222 e. The van der Waals surface area contributed by atoms with Gasteiger partial charge in [0.2, 0.25) is 5.91 Å². The van der Waals surface area contributed by atoms with E-state index in [-0.39, 0.29) is 17.2 Å². The topological polar surface area (TPSA) is 55.1 Å². The Balaban J connectivity index is 2.35. The number of nitrogens with one attached hydrogen (secondary N) is 1. The zero-order valence-corrected chi connectivity index (χ0v) is 11.6. The van der Waals surface area contributed by atoms with Gasteiger partial charge in [0.1, 0.15) is 0 Å². The predicted octanol–water partition coefficient (Wildman–Crippen LogP) is 2.30. The van der Waals surface area contributed by atoms with Gasteiger partial charge in [-0.2, -0.15) is 0 Å². The average Bonchev–Trinajstić information content (AvgIpc) is 2.80. The molecule has 1 fully saturated rings. The van der Waals surface area contributed by atoms with Gasteiger partial charge in [-0.1, -0.05) is 33.6 Å². The summed E-state index contributed by atoms with van der Waals surface area (Å²) in [4.78, 5) is 11.8. The molecule has 1 amide bonds. The van der Waals surface area contributed by atoms with Crippen molar-refractivity contribution in [2.45, 2.75) is 52.9 Å². The van der Waals surface area contributed by atoms with E-state index in [1.165, 1.54) is 25.7 Å². The molecule has 0 radical (unpaired) electrons. The zero-order valence-electron chi connectivity index (χ0n) is 11.6. The third-order valence-electron chi connectivity index (χ3n) is 4.23. The summed E-state index contributed by atoms with van der Waals surface area (Å²) in [6.07, 6.45) is 6.12. The number of carbonyl (C=O) groups is 1. The van der Waals surface area contributed by atoms with Gasteiger partial charge in [0.25, 0.3) is 0 Å². The van der Waals surface area contributed by atoms with Crippen molar-refractivity contribution < 1.29 is 4.79 Å². The molecule has 0 aliphatic heterocycles. The van der Waals surface area contributed by atoms with Gasteiger partial charge in [0.15, 0.2) is 0 Å². The molecule has 100 valence electrons. The summed E-state index contributed by atoms with van der Waals surface area (Å²) in [5, 5.41) is 3.09. The van der Waals surface area contributed by atoms with E-state index in [1.54, 1.807) is 0 Å². The fourth-order valence-electron chi connectivity index (χ4n) is 2.72. The number of rotatable bonds is 6. The molecule has 1 aliphatic rings. The Labute approximate surface area is 106 Å². The second-order valence-electron chi connectivity index (χ2n) is 6.17. The van der Waals surface area contributed by atoms with Crippen molar-refractivity contribution in [1.29, 1.82) is 0 Å². The third kappa shape index (κ3) is 4.30. The molecule has 1 saturated carbocycles. The van der Waals surface area contributed by atoms with Crippen LogP contribution in [-0.2, 0) is 4.79 Å². The predicted molar refractivity (Wildman–Crippen MR) is 71.6 cm³/mol. The lowest BCUT2D eigenvalue weighted by atomic mass is 9.77. The molecule has 1 aliphatic carbocycles. The zero-order chi connectivity index (χ0) is 12.9. The number of nitrogens with two attached hydrogens (primary N) is 1. The van der Waals surface area contributed by atoms with Crippen LogP contribution in [0.5, 0.6) is 0 Å². The maximum atomic E-state index is 11.8. The van der Waals surface area contributed by atoms with Crippen LogP contribution in [-0.4, -0.2) is 19.0 Å². The van der Waals surface area contributed by atoms with E-state index in [1.807, 2.05) is 6.92 Å². The Morgan fingerprint density at radius 1 is 1.41 bits per heavy atom. The Hall–Kier alpha value is -0.570. The van der Waals surface area contributed by atoms with Crippen molar-refractivity contribution in [3.05, 3.63) is 0 Å². The lowest BCUT2D eigenvalue weighted by Crippen LogP contribution is -2.40. The van der Waals surface area contributed by atoms with E-state index in [9.17, 15) is 4.79 Å². The van der Waals surface area contributed by atoms with Crippen molar-refractivity contribution in [2.24, 2.45) is 23.0 Å². The minimum Gasteiger partial charge on any atom is -0.355 e. The molecule has 1 rings (SSSR count). The van der Waals surface area contributed by atoms with E-state index < -0.39 is 0 Å². The van der Waals surface area contributed by atoms with Crippen molar-refractivity contribution in [3.63, 3.8) is 0 Å². The number of hydrogen-bond donors (Lipinski definition) is 2. The first-order valence-corrected chi connectivity index (χ1v) is 6.95. The monoisotopic (exact) mass is 240 g/mol. The van der Waals surface area contributed by atoms with Gasteiger partial charge in [-0.15, -0.1) is 0 Å². The molecule has 0 aromatic carbocycles. The van der Waals surface area contributed by atoms with Gasteiger partial charge in [0, 0.05) is 12.5 Å². The normalized spacial score (nSPS) is 19.3. The molecular weight excluding hydrogens is 212 g/mol. The largest absolute Gasteiger partial charge is 0.355 e. The molecule has 0 aromatic rings. The lowest BCUT2D eigenvalue weighted by molar-refractivity contribution is -0.125. The number of carbonyl (C=O) groups excluding carboxylic acids is 1. The standard InChI is InChI=1S/C14H28N2O/c1-11(8-9-15)13(17)16-10-14(2,3)12-6-4-5-7-12/h11-12H,4-10,15H2,1-3H3,(H,16,17). The molecule has 1 unspecified atom stereocenters. The van der Waals surface area contributed by atoms with Crippen LogP contribution < -0.4 is 11.1 Å².